The Balaban J connectivity index is 0.00000514. The number of aromatic nitrogens is 3. The van der Waals surface area contributed by atoms with Gasteiger partial charge in [0, 0.05) is 18.6 Å². The Kier molecular flexibility index (Phi) is 12.1. The average molecular weight is 895 g/mol. The van der Waals surface area contributed by atoms with Crippen molar-refractivity contribution in [2.24, 2.45) is 0 Å². The second kappa shape index (κ2) is 16.8. The molecule has 0 spiro atoms. The van der Waals surface area contributed by atoms with Crippen molar-refractivity contribution >= 4 is 0 Å². The van der Waals surface area contributed by atoms with Crippen LogP contribution < -0.4 is 0 Å². The second-order valence-corrected chi connectivity index (χ2v) is 16.5. The van der Waals surface area contributed by atoms with Gasteiger partial charge in [0.25, 0.3) is 0 Å². The maximum absolute atomic E-state index is 4.53. The van der Waals surface area contributed by atoms with Gasteiger partial charge in [-0.3, -0.25) is 0 Å². The van der Waals surface area contributed by atoms with Crippen molar-refractivity contribution in [3.63, 3.8) is 0 Å². The molecule has 0 amide bonds. The molecule has 0 N–H and O–H groups in total. The van der Waals surface area contributed by atoms with E-state index in [2.05, 4.69) is 147 Å². The molecule has 55 heavy (non-hydrogen) atoms. The first-order chi connectivity index (χ1) is 25.9. The number of pyridine rings is 3. The van der Waals surface area contributed by atoms with Gasteiger partial charge in [-0.15, -0.1) is 106 Å². The fourth-order valence-corrected chi connectivity index (χ4v) is 7.56. The SMILES string of the molecule is CC(C)(Cc1cc(CC(C)(C)c2c[c-]c(-c3ccccn3)cc2)cc(CC(C)(C)c2c[c-]c(-c3ccccn3)cc2)c1)c1c[c-]c(-c2ccccn2)cc1.[Ir+3]. The van der Waals surface area contributed by atoms with E-state index in [0.29, 0.717) is 0 Å². The minimum atomic E-state index is -0.105. The van der Waals surface area contributed by atoms with Crippen molar-refractivity contribution in [1.82, 2.24) is 15.0 Å². The molecular weight excluding hydrogens is 847 g/mol. The Bertz CT molecular complexity index is 2000. The summed E-state index contributed by atoms with van der Waals surface area (Å²) in [5.74, 6) is 0. The van der Waals surface area contributed by atoms with E-state index in [1.807, 2.05) is 73.2 Å². The first kappa shape index (κ1) is 39.7. The predicted molar refractivity (Wildman–Crippen MR) is 222 cm³/mol. The molecule has 3 heterocycles. The van der Waals surface area contributed by atoms with Crippen LogP contribution in [0.15, 0.2) is 146 Å². The predicted octanol–water partition coefficient (Wildman–Crippen LogP) is 11.8. The van der Waals surface area contributed by atoms with Gasteiger partial charge in [-0.05, 0) is 87.5 Å². The van der Waals surface area contributed by atoms with Gasteiger partial charge in [0.1, 0.15) is 0 Å². The van der Waals surface area contributed by atoms with E-state index in [9.17, 15) is 0 Å². The van der Waals surface area contributed by atoms with Crippen LogP contribution in [0.25, 0.3) is 33.8 Å². The number of rotatable bonds is 12. The molecule has 0 bridgehead atoms. The Morgan fingerprint density at radius 2 is 0.691 bits per heavy atom. The van der Waals surface area contributed by atoms with Crippen molar-refractivity contribution in [1.29, 1.82) is 0 Å². The van der Waals surface area contributed by atoms with Gasteiger partial charge in [-0.25, -0.2) is 0 Å². The molecule has 4 heteroatoms. The third kappa shape index (κ3) is 9.62. The molecule has 4 aromatic carbocycles. The monoisotopic (exact) mass is 895 g/mol. The summed E-state index contributed by atoms with van der Waals surface area (Å²) < 4.78 is 0. The van der Waals surface area contributed by atoms with Crippen molar-refractivity contribution in [2.75, 3.05) is 0 Å². The second-order valence-electron chi connectivity index (χ2n) is 16.5. The van der Waals surface area contributed by atoms with Gasteiger partial charge in [0.15, 0.2) is 0 Å². The quantitative estimate of drug-likeness (QED) is 0.115. The summed E-state index contributed by atoms with van der Waals surface area (Å²) in [5.41, 5.74) is 13.4. The molecule has 7 aromatic rings. The van der Waals surface area contributed by atoms with Crippen LogP contribution in [0.4, 0.5) is 0 Å². The molecule has 7 rings (SSSR count). The third-order valence-corrected chi connectivity index (χ3v) is 10.7. The summed E-state index contributed by atoms with van der Waals surface area (Å²) in [6.45, 7) is 14.1. The molecule has 0 saturated heterocycles. The summed E-state index contributed by atoms with van der Waals surface area (Å²) in [5, 5.41) is 0. The van der Waals surface area contributed by atoms with Crippen LogP contribution in [0.5, 0.6) is 0 Å². The van der Waals surface area contributed by atoms with Crippen LogP contribution >= 0.6 is 0 Å². The Morgan fingerprint density at radius 1 is 0.400 bits per heavy atom. The fourth-order valence-electron chi connectivity index (χ4n) is 7.56. The zero-order valence-electron chi connectivity index (χ0n) is 32.7. The summed E-state index contributed by atoms with van der Waals surface area (Å²) in [6, 6.07) is 55.5. The van der Waals surface area contributed by atoms with E-state index in [0.717, 1.165) is 53.0 Å². The molecule has 0 aliphatic heterocycles. The first-order valence-corrected chi connectivity index (χ1v) is 18.9. The van der Waals surface area contributed by atoms with Crippen molar-refractivity contribution < 1.29 is 20.1 Å². The smallest absolute Gasteiger partial charge is 0.305 e. The first-order valence-electron chi connectivity index (χ1n) is 18.9. The van der Waals surface area contributed by atoms with Crippen LogP contribution in [0.1, 0.15) is 74.9 Å². The van der Waals surface area contributed by atoms with Crippen LogP contribution in [-0.2, 0) is 55.6 Å². The van der Waals surface area contributed by atoms with Crippen LogP contribution in [-0.4, -0.2) is 15.0 Å². The van der Waals surface area contributed by atoms with Crippen LogP contribution in [0, 0.1) is 18.2 Å². The Morgan fingerprint density at radius 3 is 0.909 bits per heavy atom. The van der Waals surface area contributed by atoms with E-state index < -0.39 is 0 Å². The fraction of sp³-hybridized carbons (Fsp3) is 0.235. The van der Waals surface area contributed by atoms with Gasteiger partial charge >= 0.3 is 20.1 Å². The third-order valence-electron chi connectivity index (χ3n) is 10.7. The van der Waals surface area contributed by atoms with Crippen LogP contribution in [0.3, 0.4) is 0 Å². The summed E-state index contributed by atoms with van der Waals surface area (Å²) in [6.07, 6.45) is 8.22. The van der Waals surface area contributed by atoms with Gasteiger partial charge in [-0.2, -0.15) is 0 Å². The van der Waals surface area contributed by atoms with Crippen molar-refractivity contribution in [2.45, 2.75) is 77.0 Å². The molecule has 276 valence electrons. The zero-order chi connectivity index (χ0) is 37.8. The molecule has 0 unspecified atom stereocenters. The maximum Gasteiger partial charge on any atom is 3.00 e. The average Bonchev–Trinajstić information content (AvgIpc) is 3.18. The molecule has 0 aliphatic carbocycles. The Hall–Kier alpha value is -5.02. The molecule has 0 radical (unpaired) electrons. The summed E-state index contributed by atoms with van der Waals surface area (Å²) >= 11 is 0. The van der Waals surface area contributed by atoms with Crippen LogP contribution in [0.2, 0.25) is 0 Å². The van der Waals surface area contributed by atoms with Gasteiger partial charge in [0.2, 0.25) is 0 Å². The van der Waals surface area contributed by atoms with Crippen molar-refractivity contribution in [3.05, 3.63) is 198 Å². The molecule has 0 saturated carbocycles. The Labute approximate surface area is 341 Å². The van der Waals surface area contributed by atoms with Gasteiger partial charge in [-0.1, -0.05) is 96.1 Å². The van der Waals surface area contributed by atoms with E-state index >= 15 is 0 Å². The maximum atomic E-state index is 4.53. The molecule has 0 aliphatic rings. The largest absolute Gasteiger partial charge is 3.00 e. The van der Waals surface area contributed by atoms with E-state index in [-0.39, 0.29) is 36.4 Å². The molecular formula is C51H48IrN3. The number of nitrogens with zero attached hydrogens (tertiary/aromatic N) is 3. The van der Waals surface area contributed by atoms with E-state index in [1.165, 1.54) is 33.4 Å². The van der Waals surface area contributed by atoms with Gasteiger partial charge in [0.05, 0.1) is 0 Å². The molecule has 3 aromatic heterocycles. The topological polar surface area (TPSA) is 38.7 Å². The summed E-state index contributed by atoms with van der Waals surface area (Å²) in [7, 11) is 0. The number of benzene rings is 4. The molecule has 0 fully saturated rings. The van der Waals surface area contributed by atoms with E-state index in [4.69, 9.17) is 0 Å². The minimum absolute atomic E-state index is 0. The van der Waals surface area contributed by atoms with E-state index in [1.54, 1.807) is 0 Å². The molecule has 0 atom stereocenters. The number of hydrogen-bond acceptors (Lipinski definition) is 3. The zero-order valence-corrected chi connectivity index (χ0v) is 35.0. The normalized spacial score (nSPS) is 11.9. The standard InChI is InChI=1S/C51H48N3.Ir/c1-49(2,43-22-16-40(17-23-43)46-13-7-10-28-52-46)34-37-31-38(35-50(3,4)44-24-18-41(19-25-44)47-14-8-11-29-53-47)33-39(32-37)36-51(5,6)45-26-20-42(21-27-45)48-15-9-12-30-54-48;/h7-16,18,20,22-33H,34-36H2,1-6H3;/q-3;+3. The summed E-state index contributed by atoms with van der Waals surface area (Å²) in [4.78, 5) is 13.6. The minimum Gasteiger partial charge on any atom is -0.305 e. The van der Waals surface area contributed by atoms with Crippen molar-refractivity contribution in [3.8, 4) is 33.8 Å². The van der Waals surface area contributed by atoms with Gasteiger partial charge < -0.3 is 15.0 Å². The molecule has 3 nitrogen and oxygen atoms in total. The number of hydrogen-bond donors (Lipinski definition) is 0.